The van der Waals surface area contributed by atoms with Gasteiger partial charge in [-0.05, 0) is 17.7 Å². The molecule has 5 nitrogen and oxygen atoms in total. The van der Waals surface area contributed by atoms with Crippen LogP contribution in [0.2, 0.25) is 5.02 Å². The zero-order valence-electron chi connectivity index (χ0n) is 12.6. The fraction of sp³-hybridized carbons (Fsp3) is 0.0588. The van der Waals surface area contributed by atoms with Crippen LogP contribution in [0.25, 0.3) is 0 Å². The summed E-state index contributed by atoms with van der Waals surface area (Å²) in [6.45, 7) is 0.0365. The number of anilines is 1. The van der Waals surface area contributed by atoms with E-state index in [1.165, 1.54) is 0 Å². The molecule has 2 aromatic carbocycles. The van der Waals surface area contributed by atoms with Crippen LogP contribution in [0.3, 0.4) is 0 Å². The third-order valence-electron chi connectivity index (χ3n) is 3.56. The van der Waals surface area contributed by atoms with Gasteiger partial charge in [-0.3, -0.25) is 14.5 Å². The summed E-state index contributed by atoms with van der Waals surface area (Å²) in [7, 11) is 0. The summed E-state index contributed by atoms with van der Waals surface area (Å²) in [6.07, 6.45) is 1.04. The molecule has 128 valence electrons. The Bertz CT molecular complexity index is 874. The van der Waals surface area contributed by atoms with Crippen molar-refractivity contribution in [3.05, 3.63) is 70.4 Å². The van der Waals surface area contributed by atoms with Crippen LogP contribution < -0.4 is 5.32 Å². The van der Waals surface area contributed by atoms with Gasteiger partial charge < -0.3 is 10.4 Å². The number of nitrogens with one attached hydrogen (secondary N) is 1. The molecule has 0 saturated heterocycles. The van der Waals surface area contributed by atoms with E-state index < -0.39 is 29.2 Å². The van der Waals surface area contributed by atoms with Crippen LogP contribution >= 0.6 is 11.6 Å². The molecule has 2 N–H and O–H groups in total. The van der Waals surface area contributed by atoms with Gasteiger partial charge in [-0.1, -0.05) is 23.7 Å². The van der Waals surface area contributed by atoms with Gasteiger partial charge in [0.1, 0.15) is 5.70 Å². The Kier molecular flexibility index (Phi) is 4.41. The van der Waals surface area contributed by atoms with Gasteiger partial charge in [0.05, 0.1) is 6.54 Å². The van der Waals surface area contributed by atoms with Gasteiger partial charge in [0.2, 0.25) is 0 Å². The minimum Gasteiger partial charge on any atom is -0.503 e. The Hall–Kier alpha value is -2.93. The molecule has 1 heterocycles. The molecule has 1 aliphatic heterocycles. The lowest BCUT2D eigenvalue weighted by molar-refractivity contribution is -0.137. The Balaban J connectivity index is 1.76. The maximum absolute atomic E-state index is 13.4. The molecule has 0 atom stereocenters. The molecule has 0 fully saturated rings. The van der Waals surface area contributed by atoms with Crippen LogP contribution in [0.5, 0.6) is 5.75 Å². The van der Waals surface area contributed by atoms with Gasteiger partial charge in [0.15, 0.2) is 17.4 Å². The molecule has 0 aliphatic carbocycles. The zero-order valence-corrected chi connectivity index (χ0v) is 13.3. The fourth-order valence-corrected chi connectivity index (χ4v) is 2.44. The molecule has 25 heavy (non-hydrogen) atoms. The van der Waals surface area contributed by atoms with Crippen molar-refractivity contribution in [3.8, 4) is 5.75 Å². The maximum Gasteiger partial charge on any atom is 0.277 e. The number of halogens is 3. The average Bonchev–Trinajstić information content (AvgIpc) is 2.82. The first-order valence-electron chi connectivity index (χ1n) is 7.12. The molecule has 0 bridgehead atoms. The Morgan fingerprint density at radius 3 is 2.28 bits per heavy atom. The van der Waals surface area contributed by atoms with Crippen LogP contribution in [0, 0.1) is 11.6 Å². The van der Waals surface area contributed by atoms with Crippen LogP contribution in [-0.2, 0) is 16.1 Å². The predicted octanol–water partition coefficient (Wildman–Crippen LogP) is 3.19. The average molecular weight is 365 g/mol. The highest BCUT2D eigenvalue weighted by atomic mass is 35.5. The summed E-state index contributed by atoms with van der Waals surface area (Å²) in [5, 5.41) is 12.1. The molecular weight excluding hydrogens is 354 g/mol. The van der Waals surface area contributed by atoms with Crippen LogP contribution in [0.1, 0.15) is 5.56 Å². The van der Waals surface area contributed by atoms with Crippen LogP contribution in [-0.4, -0.2) is 21.8 Å². The van der Waals surface area contributed by atoms with Gasteiger partial charge in [0, 0.05) is 28.9 Å². The smallest absolute Gasteiger partial charge is 0.277 e. The van der Waals surface area contributed by atoms with Gasteiger partial charge in [-0.2, -0.15) is 0 Å². The van der Waals surface area contributed by atoms with Crippen molar-refractivity contribution in [2.45, 2.75) is 6.54 Å². The van der Waals surface area contributed by atoms with Crippen molar-refractivity contribution in [3.63, 3.8) is 0 Å². The molecule has 0 aromatic heterocycles. The lowest BCUT2D eigenvalue weighted by Gasteiger charge is -2.15. The molecule has 0 saturated carbocycles. The molecule has 8 heteroatoms. The summed E-state index contributed by atoms with van der Waals surface area (Å²) >= 11 is 5.79. The second kappa shape index (κ2) is 6.52. The number of nitrogens with zero attached hydrogens (tertiary/aromatic N) is 1. The predicted molar refractivity (Wildman–Crippen MR) is 86.7 cm³/mol. The van der Waals surface area contributed by atoms with Crippen molar-refractivity contribution in [2.24, 2.45) is 0 Å². The van der Waals surface area contributed by atoms with Gasteiger partial charge in [0.25, 0.3) is 11.8 Å². The monoisotopic (exact) mass is 364 g/mol. The van der Waals surface area contributed by atoms with E-state index in [9.17, 15) is 18.4 Å². The molecular formula is C17H11ClF2N2O3. The van der Waals surface area contributed by atoms with Crippen LogP contribution in [0.4, 0.5) is 14.5 Å². The van der Waals surface area contributed by atoms with E-state index in [2.05, 4.69) is 5.32 Å². The number of hydrogen-bond acceptors (Lipinski definition) is 4. The fourth-order valence-electron chi connectivity index (χ4n) is 2.31. The molecule has 2 aromatic rings. The van der Waals surface area contributed by atoms with Crippen molar-refractivity contribution in [1.29, 1.82) is 0 Å². The standard InChI is InChI=1S/C17H11ClF2N2O3/c18-10-3-1-9(2-4-10)8-22-15(23)7-14(17(22)25)21-11-5-12(19)16(24)13(20)6-11/h1-7,21,24H,8H2. The summed E-state index contributed by atoms with van der Waals surface area (Å²) in [4.78, 5) is 25.3. The molecule has 2 amide bonds. The van der Waals surface area contributed by atoms with Crippen molar-refractivity contribution >= 4 is 29.1 Å². The Morgan fingerprint density at radius 2 is 1.68 bits per heavy atom. The van der Waals surface area contributed by atoms with E-state index in [1.807, 2.05) is 0 Å². The lowest BCUT2D eigenvalue weighted by atomic mass is 10.2. The highest BCUT2D eigenvalue weighted by molar-refractivity contribution is 6.30. The molecule has 1 aliphatic rings. The molecule has 3 rings (SSSR count). The van der Waals surface area contributed by atoms with E-state index in [4.69, 9.17) is 16.7 Å². The summed E-state index contributed by atoms with van der Waals surface area (Å²) < 4.78 is 26.7. The number of carbonyl (C=O) groups excluding carboxylic acids is 2. The zero-order chi connectivity index (χ0) is 18.1. The van der Waals surface area contributed by atoms with E-state index in [1.54, 1.807) is 24.3 Å². The summed E-state index contributed by atoms with van der Waals surface area (Å²) in [5.74, 6) is -4.66. The number of imide groups is 1. The number of aromatic hydroxyl groups is 1. The molecule has 0 radical (unpaired) electrons. The van der Waals surface area contributed by atoms with E-state index >= 15 is 0 Å². The minimum absolute atomic E-state index is 0.0365. The number of benzene rings is 2. The highest BCUT2D eigenvalue weighted by Gasteiger charge is 2.31. The first kappa shape index (κ1) is 16.9. The van der Waals surface area contributed by atoms with Gasteiger partial charge >= 0.3 is 0 Å². The number of phenolic OH excluding ortho intramolecular Hbond substituents is 1. The van der Waals surface area contributed by atoms with E-state index in [0.717, 1.165) is 23.1 Å². The number of phenols is 1. The minimum atomic E-state index is -1.18. The second-order valence-corrected chi connectivity index (χ2v) is 5.76. The highest BCUT2D eigenvalue weighted by Crippen LogP contribution is 2.26. The third kappa shape index (κ3) is 3.46. The first-order valence-corrected chi connectivity index (χ1v) is 7.50. The van der Waals surface area contributed by atoms with E-state index in [0.29, 0.717) is 10.6 Å². The summed E-state index contributed by atoms with van der Waals surface area (Å²) in [5.41, 5.74) is 0.472. The molecule has 0 unspecified atom stereocenters. The normalized spacial score (nSPS) is 14.0. The summed E-state index contributed by atoms with van der Waals surface area (Å²) in [6, 6.07) is 8.27. The first-order chi connectivity index (χ1) is 11.8. The Labute approximate surface area is 146 Å². The van der Waals surface area contributed by atoms with Gasteiger partial charge in [-0.15, -0.1) is 0 Å². The topological polar surface area (TPSA) is 69.6 Å². The van der Waals surface area contributed by atoms with E-state index in [-0.39, 0.29) is 17.9 Å². The number of hydrogen-bond donors (Lipinski definition) is 2. The van der Waals surface area contributed by atoms with Crippen molar-refractivity contribution in [1.82, 2.24) is 4.90 Å². The lowest BCUT2D eigenvalue weighted by Crippen LogP contribution is -2.31. The third-order valence-corrected chi connectivity index (χ3v) is 3.81. The maximum atomic E-state index is 13.4. The Morgan fingerprint density at radius 1 is 1.08 bits per heavy atom. The SMILES string of the molecule is O=C1C=C(Nc2cc(F)c(O)c(F)c2)C(=O)N1Cc1ccc(Cl)cc1. The van der Waals surface area contributed by atoms with Crippen molar-refractivity contribution in [2.75, 3.05) is 5.32 Å². The van der Waals surface area contributed by atoms with Crippen molar-refractivity contribution < 1.29 is 23.5 Å². The second-order valence-electron chi connectivity index (χ2n) is 5.33. The molecule has 0 spiro atoms. The largest absolute Gasteiger partial charge is 0.503 e. The van der Waals surface area contributed by atoms with Crippen LogP contribution in [0.15, 0.2) is 48.2 Å². The number of rotatable bonds is 4. The van der Waals surface area contributed by atoms with Gasteiger partial charge in [-0.25, -0.2) is 8.78 Å². The quantitative estimate of drug-likeness (QED) is 0.645. The number of amides is 2. The number of carbonyl (C=O) groups is 2.